The fraction of sp³-hybridized carbons (Fsp3) is 0.526. The number of aromatic nitrogens is 2. The second kappa shape index (κ2) is 7.86. The van der Waals surface area contributed by atoms with Gasteiger partial charge in [0, 0.05) is 38.3 Å². The van der Waals surface area contributed by atoms with Crippen LogP contribution in [-0.2, 0) is 6.54 Å². The van der Waals surface area contributed by atoms with Crippen molar-refractivity contribution in [3.8, 4) is 0 Å². The van der Waals surface area contributed by atoms with Gasteiger partial charge >= 0.3 is 5.69 Å². The zero-order valence-corrected chi connectivity index (χ0v) is 15.5. The van der Waals surface area contributed by atoms with Crippen LogP contribution >= 0.6 is 0 Å². The molecule has 140 valence electrons. The van der Waals surface area contributed by atoms with Crippen LogP contribution in [0.2, 0.25) is 0 Å². The number of nitrogens with one attached hydrogen (secondary N) is 1. The predicted octanol–water partition coefficient (Wildman–Crippen LogP) is 1.27. The Morgan fingerprint density at radius 1 is 1.12 bits per heavy atom. The summed E-state index contributed by atoms with van der Waals surface area (Å²) in [6, 6.07) is 4.95. The molecule has 1 saturated heterocycles. The summed E-state index contributed by atoms with van der Waals surface area (Å²) in [5.41, 5.74) is 0.216. The highest BCUT2D eigenvalue weighted by Crippen LogP contribution is 2.13. The quantitative estimate of drug-likeness (QED) is 0.817. The number of aromatic amines is 1. The van der Waals surface area contributed by atoms with Gasteiger partial charge in [0.1, 0.15) is 0 Å². The van der Waals surface area contributed by atoms with Crippen molar-refractivity contribution in [1.82, 2.24) is 19.4 Å². The number of hydrogen-bond acceptors (Lipinski definition) is 4. The van der Waals surface area contributed by atoms with E-state index in [0.717, 1.165) is 32.4 Å². The lowest BCUT2D eigenvalue weighted by Crippen LogP contribution is -2.47. The van der Waals surface area contributed by atoms with Gasteiger partial charge in [-0.15, -0.1) is 0 Å². The molecular weight excluding hydrogens is 332 g/mol. The highest BCUT2D eigenvalue weighted by atomic mass is 16.2. The van der Waals surface area contributed by atoms with Gasteiger partial charge in [-0.25, -0.2) is 4.79 Å². The Hall–Kier alpha value is -2.41. The molecule has 1 aromatic carbocycles. The van der Waals surface area contributed by atoms with E-state index in [9.17, 15) is 14.4 Å². The summed E-state index contributed by atoms with van der Waals surface area (Å²) in [5, 5.41) is 0.441. The molecule has 0 bridgehead atoms. The largest absolute Gasteiger partial charge is 0.336 e. The number of likely N-dealkylation sites (N-methyl/N-ethyl adjacent to an activating group) is 1. The average Bonchev–Trinajstić information content (AvgIpc) is 2.64. The zero-order valence-electron chi connectivity index (χ0n) is 15.5. The van der Waals surface area contributed by atoms with E-state index in [4.69, 9.17) is 0 Å². The van der Waals surface area contributed by atoms with Gasteiger partial charge in [0.2, 0.25) is 0 Å². The molecule has 1 aromatic heterocycles. The number of unbranched alkanes of at least 4 members (excludes halogenated alkanes) is 2. The third-order valence-corrected chi connectivity index (χ3v) is 5.00. The highest BCUT2D eigenvalue weighted by Gasteiger charge is 2.21. The third kappa shape index (κ3) is 3.72. The van der Waals surface area contributed by atoms with Crippen molar-refractivity contribution in [2.24, 2.45) is 0 Å². The molecule has 1 aliphatic rings. The maximum atomic E-state index is 12.7. The van der Waals surface area contributed by atoms with Crippen LogP contribution in [0.3, 0.4) is 0 Å². The predicted molar refractivity (Wildman–Crippen MR) is 102 cm³/mol. The highest BCUT2D eigenvalue weighted by molar-refractivity contribution is 5.97. The van der Waals surface area contributed by atoms with E-state index in [0.29, 0.717) is 36.1 Å². The minimum absolute atomic E-state index is 0.0621. The van der Waals surface area contributed by atoms with E-state index in [2.05, 4.69) is 16.8 Å². The van der Waals surface area contributed by atoms with Crippen molar-refractivity contribution in [3.05, 3.63) is 44.6 Å². The maximum absolute atomic E-state index is 12.7. The Labute approximate surface area is 152 Å². The van der Waals surface area contributed by atoms with Crippen LogP contribution in [0.25, 0.3) is 10.9 Å². The monoisotopic (exact) mass is 358 g/mol. The summed E-state index contributed by atoms with van der Waals surface area (Å²) in [7, 11) is 2.04. The number of carbonyl (C=O) groups is 1. The summed E-state index contributed by atoms with van der Waals surface area (Å²) < 4.78 is 1.25. The van der Waals surface area contributed by atoms with Crippen molar-refractivity contribution in [2.45, 2.75) is 32.7 Å². The number of hydrogen-bond donors (Lipinski definition) is 1. The Bertz CT molecular complexity index is 907. The molecule has 26 heavy (non-hydrogen) atoms. The first-order valence-corrected chi connectivity index (χ1v) is 9.26. The van der Waals surface area contributed by atoms with Crippen molar-refractivity contribution in [2.75, 3.05) is 33.2 Å². The second-order valence-corrected chi connectivity index (χ2v) is 6.95. The van der Waals surface area contributed by atoms with Gasteiger partial charge in [-0.2, -0.15) is 0 Å². The number of H-pyrrole nitrogens is 1. The molecule has 3 rings (SSSR count). The number of nitrogens with zero attached hydrogens (tertiary/aromatic N) is 3. The first-order chi connectivity index (χ1) is 12.5. The molecule has 0 spiro atoms. The molecule has 1 aliphatic heterocycles. The van der Waals surface area contributed by atoms with Crippen LogP contribution in [-0.4, -0.2) is 58.5 Å². The van der Waals surface area contributed by atoms with Crippen LogP contribution in [0, 0.1) is 0 Å². The Balaban J connectivity index is 1.89. The minimum atomic E-state index is -0.414. The van der Waals surface area contributed by atoms with Gasteiger partial charge < -0.3 is 14.8 Å². The van der Waals surface area contributed by atoms with Crippen molar-refractivity contribution >= 4 is 16.8 Å². The Morgan fingerprint density at radius 2 is 1.85 bits per heavy atom. The normalized spacial score (nSPS) is 15.5. The van der Waals surface area contributed by atoms with Crippen molar-refractivity contribution in [3.63, 3.8) is 0 Å². The van der Waals surface area contributed by atoms with Crippen LogP contribution in [0.5, 0.6) is 0 Å². The Kier molecular flexibility index (Phi) is 5.56. The first-order valence-electron chi connectivity index (χ1n) is 9.26. The Morgan fingerprint density at radius 3 is 2.54 bits per heavy atom. The average molecular weight is 358 g/mol. The molecule has 2 heterocycles. The molecular formula is C19H26N4O3. The zero-order chi connectivity index (χ0) is 18.7. The molecule has 2 aromatic rings. The molecule has 7 heteroatoms. The molecule has 0 atom stereocenters. The standard InChI is InChI=1S/C19H26N4O3/c1-3-4-5-8-23-18(25)15-7-6-14(13-16(15)20-19(23)26)17(24)22-11-9-21(2)10-12-22/h6-7,13H,3-5,8-12H2,1-2H3,(H,20,26). The summed E-state index contributed by atoms with van der Waals surface area (Å²) in [6.07, 6.45) is 2.80. The summed E-state index contributed by atoms with van der Waals surface area (Å²) >= 11 is 0. The lowest BCUT2D eigenvalue weighted by atomic mass is 10.1. The summed E-state index contributed by atoms with van der Waals surface area (Å²) in [6.45, 7) is 5.55. The maximum Gasteiger partial charge on any atom is 0.328 e. The van der Waals surface area contributed by atoms with E-state index >= 15 is 0 Å². The minimum Gasteiger partial charge on any atom is -0.336 e. The van der Waals surface area contributed by atoms with E-state index in [-0.39, 0.29) is 11.5 Å². The number of amides is 1. The third-order valence-electron chi connectivity index (χ3n) is 5.00. The van der Waals surface area contributed by atoms with Crippen molar-refractivity contribution < 1.29 is 4.79 Å². The number of piperazine rings is 1. The van der Waals surface area contributed by atoms with E-state index in [1.807, 2.05) is 11.9 Å². The molecule has 1 N–H and O–H groups in total. The molecule has 7 nitrogen and oxygen atoms in total. The lowest BCUT2D eigenvalue weighted by Gasteiger charge is -2.32. The molecule has 0 unspecified atom stereocenters. The second-order valence-electron chi connectivity index (χ2n) is 6.95. The SMILES string of the molecule is CCCCCn1c(=O)[nH]c2cc(C(=O)N3CCN(C)CC3)ccc2c1=O. The van der Waals surface area contributed by atoms with E-state index in [1.54, 1.807) is 18.2 Å². The summed E-state index contributed by atoms with van der Waals surface area (Å²) in [4.78, 5) is 44.3. The fourth-order valence-electron chi connectivity index (χ4n) is 3.30. The molecule has 0 aliphatic carbocycles. The van der Waals surface area contributed by atoms with E-state index < -0.39 is 5.69 Å². The van der Waals surface area contributed by atoms with Crippen LogP contribution in [0.4, 0.5) is 0 Å². The molecule has 0 saturated carbocycles. The molecule has 1 amide bonds. The number of carbonyl (C=O) groups excluding carboxylic acids is 1. The van der Waals surface area contributed by atoms with Gasteiger partial charge in [0.15, 0.2) is 0 Å². The fourth-order valence-corrected chi connectivity index (χ4v) is 3.30. The smallest absolute Gasteiger partial charge is 0.328 e. The van der Waals surface area contributed by atoms with Gasteiger partial charge in [-0.05, 0) is 31.7 Å². The first kappa shape index (κ1) is 18.4. The van der Waals surface area contributed by atoms with Gasteiger partial charge in [0.05, 0.1) is 10.9 Å². The number of rotatable bonds is 5. The lowest BCUT2D eigenvalue weighted by molar-refractivity contribution is 0.0664. The van der Waals surface area contributed by atoms with Gasteiger partial charge in [-0.3, -0.25) is 14.2 Å². The van der Waals surface area contributed by atoms with Gasteiger partial charge in [0.25, 0.3) is 11.5 Å². The topological polar surface area (TPSA) is 78.4 Å². The van der Waals surface area contributed by atoms with Crippen LogP contribution in [0.1, 0.15) is 36.5 Å². The van der Waals surface area contributed by atoms with Gasteiger partial charge in [-0.1, -0.05) is 19.8 Å². The molecule has 1 fully saturated rings. The van der Waals surface area contributed by atoms with Crippen LogP contribution in [0.15, 0.2) is 27.8 Å². The van der Waals surface area contributed by atoms with E-state index in [1.165, 1.54) is 4.57 Å². The summed E-state index contributed by atoms with van der Waals surface area (Å²) in [5.74, 6) is -0.0621. The van der Waals surface area contributed by atoms with Crippen LogP contribution < -0.4 is 11.2 Å². The van der Waals surface area contributed by atoms with Crippen molar-refractivity contribution in [1.29, 1.82) is 0 Å². The number of fused-ring (bicyclic) bond motifs is 1. The molecule has 0 radical (unpaired) electrons. The number of benzene rings is 1.